The van der Waals surface area contributed by atoms with Crippen molar-refractivity contribution in [2.24, 2.45) is 16.7 Å². The van der Waals surface area contributed by atoms with E-state index in [9.17, 15) is 35.1 Å². The fourth-order valence-electron chi connectivity index (χ4n) is 9.81. The molecule has 0 aromatic heterocycles. The van der Waals surface area contributed by atoms with Crippen molar-refractivity contribution in [3.8, 4) is 5.75 Å². The molecule has 6 rings (SSSR count). The molecule has 1 heterocycles. The first-order valence-corrected chi connectivity index (χ1v) is 16.4. The number of ether oxygens (including phenoxy) is 4. The van der Waals surface area contributed by atoms with E-state index in [0.717, 1.165) is 5.57 Å². The van der Waals surface area contributed by atoms with Gasteiger partial charge in [0.2, 0.25) is 0 Å². The molecule has 1 saturated heterocycles. The van der Waals surface area contributed by atoms with Crippen LogP contribution >= 0.6 is 0 Å². The van der Waals surface area contributed by atoms with E-state index in [1.165, 1.54) is 31.2 Å². The molecule has 1 aliphatic heterocycles. The summed E-state index contributed by atoms with van der Waals surface area (Å²) in [4.78, 5) is 26.6. The molecule has 12 atom stereocenters. The number of rotatable bonds is 6. The van der Waals surface area contributed by atoms with Crippen molar-refractivity contribution in [3.05, 3.63) is 41.5 Å². The Bertz CT molecular complexity index is 1400. The topological polar surface area (TPSA) is 172 Å². The van der Waals surface area contributed by atoms with Crippen LogP contribution in [0.5, 0.6) is 5.75 Å². The Morgan fingerprint density at radius 3 is 2.37 bits per heavy atom. The van der Waals surface area contributed by atoms with Crippen LogP contribution in [-0.4, -0.2) is 98.0 Å². The van der Waals surface area contributed by atoms with E-state index in [1.54, 1.807) is 21.0 Å². The molecule has 0 spiro atoms. The zero-order chi connectivity index (χ0) is 33.4. The van der Waals surface area contributed by atoms with E-state index in [1.807, 2.05) is 6.08 Å². The molecule has 0 amide bonds. The third-order valence-corrected chi connectivity index (χ3v) is 12.8. The zero-order valence-electron chi connectivity index (χ0n) is 27.3. The number of carbonyl (C=O) groups is 2. The van der Waals surface area contributed by atoms with Crippen LogP contribution in [-0.2, 0) is 23.7 Å². The number of aliphatic hydroxyl groups excluding tert-OH is 1. The van der Waals surface area contributed by atoms with Crippen LogP contribution in [0.15, 0.2) is 35.9 Å². The summed E-state index contributed by atoms with van der Waals surface area (Å²) in [5.41, 5.74) is -6.77. The van der Waals surface area contributed by atoms with Gasteiger partial charge in [-0.05, 0) is 95.4 Å². The summed E-state index contributed by atoms with van der Waals surface area (Å²) in [6, 6.07) is 5.58. The van der Waals surface area contributed by atoms with E-state index in [-0.39, 0.29) is 43.1 Å². The van der Waals surface area contributed by atoms with Crippen LogP contribution in [0.25, 0.3) is 0 Å². The molecule has 4 aliphatic carbocycles. The Hall–Kier alpha value is -2.38. The van der Waals surface area contributed by atoms with Gasteiger partial charge < -0.3 is 44.5 Å². The minimum Gasteiger partial charge on any atom is -0.508 e. The molecule has 0 unspecified atom stereocenters. The van der Waals surface area contributed by atoms with E-state index >= 15 is 0 Å². The molecule has 46 heavy (non-hydrogen) atoms. The number of methoxy groups -OCH3 is 1. The van der Waals surface area contributed by atoms with Crippen LogP contribution in [0.1, 0.15) is 89.4 Å². The van der Waals surface area contributed by atoms with E-state index in [2.05, 4.69) is 6.92 Å². The van der Waals surface area contributed by atoms with Gasteiger partial charge in [0.1, 0.15) is 34.8 Å². The number of fused-ring (bicyclic) bond motifs is 5. The van der Waals surface area contributed by atoms with Gasteiger partial charge in [0.15, 0.2) is 12.1 Å². The summed E-state index contributed by atoms with van der Waals surface area (Å²) in [6.45, 7) is 6.68. The first-order valence-electron chi connectivity index (χ1n) is 16.4. The van der Waals surface area contributed by atoms with Gasteiger partial charge in [-0.25, -0.2) is 4.79 Å². The molecule has 1 aromatic carbocycles. The van der Waals surface area contributed by atoms with Gasteiger partial charge in [-0.1, -0.05) is 18.6 Å². The molecule has 5 N–H and O–H groups in total. The number of phenols is 1. The van der Waals surface area contributed by atoms with Gasteiger partial charge >= 0.3 is 5.97 Å². The quantitative estimate of drug-likeness (QED) is 0.228. The Labute approximate surface area is 269 Å². The summed E-state index contributed by atoms with van der Waals surface area (Å²) in [5.74, 6) is -1.86. The summed E-state index contributed by atoms with van der Waals surface area (Å²) >= 11 is 0. The maximum Gasteiger partial charge on any atom is 0.338 e. The lowest BCUT2D eigenvalue weighted by molar-refractivity contribution is -0.313. The normalized spacial score (nSPS) is 46.8. The van der Waals surface area contributed by atoms with Gasteiger partial charge in [0.25, 0.3) is 0 Å². The number of esters is 1. The lowest BCUT2D eigenvalue weighted by Gasteiger charge is -2.67. The number of hydrogen-bond donors (Lipinski definition) is 5. The maximum atomic E-state index is 13.5. The Kier molecular flexibility index (Phi) is 8.28. The molecule has 3 saturated carbocycles. The molecular weight excluding hydrogens is 596 g/mol. The summed E-state index contributed by atoms with van der Waals surface area (Å²) in [5, 5.41) is 57.4. The first-order chi connectivity index (χ1) is 21.5. The van der Waals surface area contributed by atoms with Crippen LogP contribution in [0, 0.1) is 16.7 Å². The molecular formula is C35H48O11. The van der Waals surface area contributed by atoms with E-state index in [0.29, 0.717) is 25.7 Å². The molecule has 1 aromatic rings. The summed E-state index contributed by atoms with van der Waals surface area (Å²) < 4.78 is 23.9. The van der Waals surface area contributed by atoms with Crippen LogP contribution in [0.4, 0.5) is 0 Å². The number of aliphatic hydroxyl groups is 4. The van der Waals surface area contributed by atoms with Crippen molar-refractivity contribution < 1.29 is 54.1 Å². The summed E-state index contributed by atoms with van der Waals surface area (Å²) in [6.07, 6.45) is 0.866. The molecule has 11 nitrogen and oxygen atoms in total. The molecule has 254 valence electrons. The number of Topliss-reactive ketones (excluding diaryl/α,β-unsaturated/α-hetero) is 1. The average molecular weight is 645 g/mol. The van der Waals surface area contributed by atoms with Crippen LogP contribution in [0.3, 0.4) is 0 Å². The SMILES string of the molecule is CO[C@H]1C[C@H](O[C@H]2CC[C@@]3(C)C(=CC[C@]4(O)[C@@H]3C[C@@H](OC(=O)c3ccc(O)cc3)[C@@]3(C)[C@]4(O)CC[C@@]3(O)C(C)=O)C2)O[C@H](C)[C@H]1O. The Morgan fingerprint density at radius 1 is 1.02 bits per heavy atom. The van der Waals surface area contributed by atoms with Gasteiger partial charge in [-0.2, -0.15) is 0 Å². The molecule has 0 radical (unpaired) electrons. The Morgan fingerprint density at radius 2 is 1.72 bits per heavy atom. The predicted molar refractivity (Wildman–Crippen MR) is 164 cm³/mol. The predicted octanol–water partition coefficient (Wildman–Crippen LogP) is 2.94. The monoisotopic (exact) mass is 644 g/mol. The van der Waals surface area contributed by atoms with Crippen molar-refractivity contribution in [1.82, 2.24) is 0 Å². The van der Waals surface area contributed by atoms with Crippen molar-refractivity contribution >= 4 is 11.8 Å². The highest BCUT2D eigenvalue weighted by molar-refractivity contribution is 5.90. The lowest BCUT2D eigenvalue weighted by Crippen LogP contribution is -2.78. The van der Waals surface area contributed by atoms with Crippen molar-refractivity contribution in [3.63, 3.8) is 0 Å². The zero-order valence-corrected chi connectivity index (χ0v) is 27.3. The largest absolute Gasteiger partial charge is 0.508 e. The van der Waals surface area contributed by atoms with Crippen LogP contribution < -0.4 is 0 Å². The average Bonchev–Trinajstić information content (AvgIpc) is 3.24. The maximum absolute atomic E-state index is 13.5. The van der Waals surface area contributed by atoms with E-state index in [4.69, 9.17) is 18.9 Å². The number of ketones is 1. The smallest absolute Gasteiger partial charge is 0.338 e. The third kappa shape index (κ3) is 4.64. The van der Waals surface area contributed by atoms with Crippen LogP contribution in [0.2, 0.25) is 0 Å². The highest BCUT2D eigenvalue weighted by atomic mass is 16.7. The Balaban J connectivity index is 1.32. The van der Waals surface area contributed by atoms with Crippen molar-refractivity contribution in [2.75, 3.05) is 7.11 Å². The first kappa shape index (κ1) is 33.5. The highest BCUT2D eigenvalue weighted by Crippen LogP contribution is 2.71. The molecule has 4 fully saturated rings. The fraction of sp³-hybridized carbons (Fsp3) is 0.714. The second-order valence-electron chi connectivity index (χ2n) is 14.8. The second-order valence-corrected chi connectivity index (χ2v) is 14.8. The minimum absolute atomic E-state index is 0.0166. The summed E-state index contributed by atoms with van der Waals surface area (Å²) in [7, 11) is 1.56. The van der Waals surface area contributed by atoms with E-state index < -0.39 is 76.0 Å². The molecule has 0 bridgehead atoms. The van der Waals surface area contributed by atoms with Gasteiger partial charge in [0.05, 0.1) is 29.3 Å². The van der Waals surface area contributed by atoms with Gasteiger partial charge in [-0.15, -0.1) is 0 Å². The third-order valence-electron chi connectivity index (χ3n) is 12.8. The number of hydrogen-bond acceptors (Lipinski definition) is 11. The number of phenolic OH excluding ortho intramolecular Hbond substituents is 1. The molecule has 5 aliphatic rings. The standard InChI is InChI=1S/C35H48O11/c1-19-29(38)25(43-5)17-28(44-19)45-24-11-12-31(3)22(16-24)10-13-34(41)26(31)18-27(46-30(39)21-6-8-23(37)9-7-21)32(4)33(40,20(2)36)14-15-35(32,34)42/h6-10,19,24-29,37-38,40-42H,11-18H2,1-5H3/t19-,24+,25+,26-,27-,28+,29-,31+,32-,33-,34+,35-/m1/s1. The lowest BCUT2D eigenvalue weighted by atomic mass is 9.42. The minimum atomic E-state index is -2.04. The second kappa shape index (κ2) is 11.4. The number of carbonyl (C=O) groups excluding carboxylic acids is 2. The number of benzene rings is 1. The highest BCUT2D eigenvalue weighted by Gasteiger charge is 2.81. The fourth-order valence-corrected chi connectivity index (χ4v) is 9.81. The molecule has 11 heteroatoms. The van der Waals surface area contributed by atoms with Crippen molar-refractivity contribution in [1.29, 1.82) is 0 Å². The van der Waals surface area contributed by atoms with Crippen molar-refractivity contribution in [2.45, 2.75) is 133 Å². The number of aromatic hydroxyl groups is 1. The van der Waals surface area contributed by atoms with Gasteiger partial charge in [-0.3, -0.25) is 4.79 Å². The van der Waals surface area contributed by atoms with Gasteiger partial charge in [0, 0.05) is 19.4 Å².